The van der Waals surface area contributed by atoms with Crippen LogP contribution in [0.25, 0.3) is 0 Å². The molecule has 0 saturated carbocycles. The monoisotopic (exact) mass is 260 g/mol. The fraction of sp³-hybridized carbons (Fsp3) is 0.500. The number of aromatic nitrogens is 1. The normalized spacial score (nSPS) is 19.9. The molecule has 1 N–H and O–H groups in total. The highest BCUT2D eigenvalue weighted by Crippen LogP contribution is 2.30. The zero-order valence-corrected chi connectivity index (χ0v) is 10.1. The smallest absolute Gasteiger partial charge is 0.263 e. The summed E-state index contributed by atoms with van der Waals surface area (Å²) in [4.78, 5) is 3.54. The molecule has 2 heterocycles. The molecule has 0 atom stereocenters. The molecule has 94 valence electrons. The minimum atomic E-state index is -3.93. The Morgan fingerprint density at radius 3 is 2.76 bits per heavy atom. The van der Waals surface area contributed by atoms with Crippen LogP contribution in [0.3, 0.4) is 0 Å². The van der Waals surface area contributed by atoms with Gasteiger partial charge in [-0.05, 0) is 18.6 Å². The zero-order chi connectivity index (χ0) is 12.7. The van der Waals surface area contributed by atoms with Crippen molar-refractivity contribution < 1.29 is 17.9 Å². The number of nitrogens with zero attached hydrogens (tertiary/aromatic N) is 2. The molecule has 0 radical (unpaired) electrons. The van der Waals surface area contributed by atoms with E-state index in [0.29, 0.717) is 6.42 Å². The molecule has 1 aliphatic rings. The lowest BCUT2D eigenvalue weighted by Crippen LogP contribution is -2.63. The molecule has 0 aliphatic carbocycles. The van der Waals surface area contributed by atoms with Crippen LogP contribution in [-0.2, 0) is 10.0 Å². The highest BCUT2D eigenvalue weighted by Gasteiger charge is 2.47. The van der Waals surface area contributed by atoms with Gasteiger partial charge < -0.3 is 5.11 Å². The third kappa shape index (κ3) is 2.05. The zero-order valence-electron chi connectivity index (χ0n) is 9.30. The number of halogens is 1. The largest absolute Gasteiger partial charge is 0.387 e. The van der Waals surface area contributed by atoms with Crippen molar-refractivity contribution in [2.75, 3.05) is 13.1 Å². The van der Waals surface area contributed by atoms with Crippen LogP contribution in [0.15, 0.2) is 23.4 Å². The van der Waals surface area contributed by atoms with Gasteiger partial charge in [0.25, 0.3) is 10.0 Å². The van der Waals surface area contributed by atoms with Gasteiger partial charge in [-0.3, -0.25) is 0 Å². The average molecular weight is 260 g/mol. The summed E-state index contributed by atoms with van der Waals surface area (Å²) >= 11 is 0. The molecule has 0 spiro atoms. The minimum absolute atomic E-state index is 0.0121. The first-order valence-electron chi connectivity index (χ1n) is 5.22. The van der Waals surface area contributed by atoms with E-state index in [9.17, 15) is 17.9 Å². The lowest BCUT2D eigenvalue weighted by molar-refractivity contribution is -0.0615. The standard InChI is InChI=1S/C10H13FN2O3S/c1-2-10(14)6-13(7-10)17(15,16)9-8(11)4-3-5-12-9/h3-5,14H,2,6-7H2,1H3. The second-order valence-corrected chi connectivity index (χ2v) is 5.99. The quantitative estimate of drug-likeness (QED) is 0.852. The first-order chi connectivity index (χ1) is 7.89. The highest BCUT2D eigenvalue weighted by atomic mass is 32.2. The van der Waals surface area contributed by atoms with Crippen LogP contribution in [-0.4, -0.2) is 41.5 Å². The summed E-state index contributed by atoms with van der Waals surface area (Å²) in [5.74, 6) is -0.876. The van der Waals surface area contributed by atoms with Crippen molar-refractivity contribution in [3.63, 3.8) is 0 Å². The summed E-state index contributed by atoms with van der Waals surface area (Å²) in [6, 6.07) is 2.37. The van der Waals surface area contributed by atoms with Crippen LogP contribution in [0.5, 0.6) is 0 Å². The summed E-state index contributed by atoms with van der Waals surface area (Å²) in [6.07, 6.45) is 1.69. The molecular formula is C10H13FN2O3S. The fourth-order valence-corrected chi connectivity index (χ4v) is 3.26. The summed E-state index contributed by atoms with van der Waals surface area (Å²) in [6.45, 7) is 1.75. The van der Waals surface area contributed by atoms with Crippen LogP contribution < -0.4 is 0 Å². The van der Waals surface area contributed by atoms with Crippen LogP contribution in [0.4, 0.5) is 4.39 Å². The van der Waals surface area contributed by atoms with Gasteiger partial charge in [-0.25, -0.2) is 17.8 Å². The molecule has 0 aromatic carbocycles. The van der Waals surface area contributed by atoms with E-state index in [4.69, 9.17) is 0 Å². The fourth-order valence-electron chi connectivity index (χ4n) is 1.69. The van der Waals surface area contributed by atoms with E-state index in [2.05, 4.69) is 4.98 Å². The van der Waals surface area contributed by atoms with Gasteiger partial charge in [-0.2, -0.15) is 4.31 Å². The van der Waals surface area contributed by atoms with Crippen molar-refractivity contribution in [3.8, 4) is 0 Å². The Morgan fingerprint density at radius 2 is 2.24 bits per heavy atom. The number of pyridine rings is 1. The van der Waals surface area contributed by atoms with E-state index < -0.39 is 26.5 Å². The van der Waals surface area contributed by atoms with E-state index >= 15 is 0 Å². The minimum Gasteiger partial charge on any atom is -0.387 e. The third-order valence-electron chi connectivity index (χ3n) is 2.91. The number of hydrogen-bond acceptors (Lipinski definition) is 4. The second-order valence-electron chi connectivity index (χ2n) is 4.14. The molecule has 5 nitrogen and oxygen atoms in total. The Kier molecular flexibility index (Phi) is 2.92. The molecule has 1 aliphatic heterocycles. The van der Waals surface area contributed by atoms with Gasteiger partial charge in [0.2, 0.25) is 5.03 Å². The Labute approximate surface area is 99.0 Å². The first-order valence-corrected chi connectivity index (χ1v) is 6.66. The lowest BCUT2D eigenvalue weighted by atomic mass is 9.94. The molecule has 1 fully saturated rings. The van der Waals surface area contributed by atoms with Crippen molar-refractivity contribution >= 4 is 10.0 Å². The van der Waals surface area contributed by atoms with E-state index in [-0.39, 0.29) is 13.1 Å². The Morgan fingerprint density at radius 1 is 1.59 bits per heavy atom. The third-order valence-corrected chi connectivity index (χ3v) is 4.64. The maximum atomic E-state index is 13.3. The number of rotatable bonds is 3. The first kappa shape index (κ1) is 12.4. The van der Waals surface area contributed by atoms with Crippen molar-refractivity contribution in [2.45, 2.75) is 24.0 Å². The topological polar surface area (TPSA) is 70.5 Å². The van der Waals surface area contributed by atoms with Crippen molar-refractivity contribution in [1.82, 2.24) is 9.29 Å². The Bertz CT molecular complexity index is 526. The molecule has 1 saturated heterocycles. The molecule has 1 aromatic heterocycles. The summed E-state index contributed by atoms with van der Waals surface area (Å²) in [5.41, 5.74) is -0.988. The van der Waals surface area contributed by atoms with E-state index in [1.165, 1.54) is 12.3 Å². The van der Waals surface area contributed by atoms with Crippen LogP contribution in [0.1, 0.15) is 13.3 Å². The maximum absolute atomic E-state index is 13.3. The second kappa shape index (κ2) is 4.01. The molecule has 0 bridgehead atoms. The van der Waals surface area contributed by atoms with Gasteiger partial charge in [0.15, 0.2) is 5.82 Å². The van der Waals surface area contributed by atoms with Crippen molar-refractivity contribution in [1.29, 1.82) is 0 Å². The van der Waals surface area contributed by atoms with Crippen LogP contribution in [0.2, 0.25) is 0 Å². The lowest BCUT2D eigenvalue weighted by Gasteiger charge is -2.44. The number of aliphatic hydroxyl groups is 1. The van der Waals surface area contributed by atoms with Gasteiger partial charge in [0.05, 0.1) is 5.60 Å². The molecular weight excluding hydrogens is 247 g/mol. The number of hydrogen-bond donors (Lipinski definition) is 1. The number of β-amino-alcohol motifs (C(OH)–C–C–N with tert-alkyl or cyclic N) is 1. The molecule has 0 unspecified atom stereocenters. The molecule has 1 aromatic rings. The van der Waals surface area contributed by atoms with Gasteiger partial charge >= 0.3 is 0 Å². The summed E-state index contributed by atoms with van der Waals surface area (Å²) < 4.78 is 38.3. The van der Waals surface area contributed by atoms with Crippen molar-refractivity contribution in [3.05, 3.63) is 24.1 Å². The number of sulfonamides is 1. The van der Waals surface area contributed by atoms with Gasteiger partial charge in [0.1, 0.15) is 0 Å². The maximum Gasteiger partial charge on any atom is 0.263 e. The van der Waals surface area contributed by atoms with Gasteiger partial charge in [-0.15, -0.1) is 0 Å². The Balaban J connectivity index is 2.26. The van der Waals surface area contributed by atoms with Crippen LogP contribution >= 0.6 is 0 Å². The molecule has 17 heavy (non-hydrogen) atoms. The molecule has 0 amide bonds. The SMILES string of the molecule is CCC1(O)CN(S(=O)(=O)c2ncccc2F)C1. The molecule has 7 heteroatoms. The van der Waals surface area contributed by atoms with E-state index in [1.54, 1.807) is 6.92 Å². The van der Waals surface area contributed by atoms with E-state index in [0.717, 1.165) is 10.4 Å². The molecule has 2 rings (SSSR count). The summed E-state index contributed by atoms with van der Waals surface area (Å²) in [5, 5.41) is 9.16. The van der Waals surface area contributed by atoms with E-state index in [1.807, 2.05) is 0 Å². The van der Waals surface area contributed by atoms with Gasteiger partial charge in [0, 0.05) is 19.3 Å². The highest BCUT2D eigenvalue weighted by molar-refractivity contribution is 7.89. The summed E-state index contributed by atoms with van der Waals surface area (Å²) in [7, 11) is -3.93. The van der Waals surface area contributed by atoms with Crippen molar-refractivity contribution in [2.24, 2.45) is 0 Å². The predicted octanol–water partition coefficient (Wildman–Crippen LogP) is 0.366. The van der Waals surface area contributed by atoms with Gasteiger partial charge in [-0.1, -0.05) is 6.92 Å². The Hall–Kier alpha value is -1.05. The average Bonchev–Trinajstić information content (AvgIpc) is 2.25. The van der Waals surface area contributed by atoms with Crippen LogP contribution in [0, 0.1) is 5.82 Å². The predicted molar refractivity (Wildman–Crippen MR) is 58.2 cm³/mol.